The summed E-state index contributed by atoms with van der Waals surface area (Å²) in [6, 6.07) is 22.0. The Bertz CT molecular complexity index is 1270. The summed E-state index contributed by atoms with van der Waals surface area (Å²) < 4.78 is 27.7. The lowest BCUT2D eigenvalue weighted by Gasteiger charge is -2.55. The molecule has 5 nitrogen and oxygen atoms in total. The molecule has 6 heteroatoms. The molecule has 1 saturated carbocycles. The number of hydrogen-bond acceptors (Lipinski definition) is 5. The normalized spacial score (nSPS) is 36.9. The third kappa shape index (κ3) is 5.32. The number of carbonyl (C=O) groups is 1. The van der Waals surface area contributed by atoms with Gasteiger partial charge in [0.15, 0.2) is 0 Å². The summed E-state index contributed by atoms with van der Waals surface area (Å²) in [5.74, 6) is 2.16. The fourth-order valence-electron chi connectivity index (χ4n) is 9.97. The highest BCUT2D eigenvalue weighted by Gasteiger charge is 2.66. The van der Waals surface area contributed by atoms with Gasteiger partial charge >= 0.3 is 5.97 Å². The van der Waals surface area contributed by atoms with Crippen LogP contribution in [0.3, 0.4) is 0 Å². The second-order valence-corrected chi connectivity index (χ2v) is 20.3. The summed E-state index contributed by atoms with van der Waals surface area (Å²) in [6.07, 6.45) is 4.62. The predicted octanol–water partition coefficient (Wildman–Crippen LogP) is 6.91. The molecule has 0 unspecified atom stereocenters. The van der Waals surface area contributed by atoms with Gasteiger partial charge in [0.2, 0.25) is 0 Å². The van der Waals surface area contributed by atoms with Gasteiger partial charge in [0.05, 0.1) is 17.8 Å². The van der Waals surface area contributed by atoms with Crippen molar-refractivity contribution in [1.29, 1.82) is 0 Å². The molecule has 2 aromatic rings. The third-order valence-electron chi connectivity index (χ3n) is 11.8. The molecule has 3 saturated heterocycles. The zero-order chi connectivity index (χ0) is 31.5. The van der Waals surface area contributed by atoms with E-state index in [1.165, 1.54) is 23.7 Å². The number of hydrogen-bond donors (Lipinski definition) is 0. The van der Waals surface area contributed by atoms with Crippen molar-refractivity contribution in [2.45, 2.75) is 122 Å². The van der Waals surface area contributed by atoms with Crippen LogP contribution in [0, 0.1) is 29.6 Å². The van der Waals surface area contributed by atoms with Crippen molar-refractivity contribution >= 4 is 24.7 Å². The summed E-state index contributed by atoms with van der Waals surface area (Å²) in [7, 11) is -2.66. The summed E-state index contributed by atoms with van der Waals surface area (Å²) in [4.78, 5) is 12.1. The molecule has 4 fully saturated rings. The molecule has 4 aliphatic rings. The number of esters is 1. The van der Waals surface area contributed by atoms with Gasteiger partial charge in [0.25, 0.3) is 8.32 Å². The van der Waals surface area contributed by atoms with Crippen LogP contribution in [0.4, 0.5) is 0 Å². The van der Waals surface area contributed by atoms with Crippen molar-refractivity contribution in [2.24, 2.45) is 29.6 Å². The van der Waals surface area contributed by atoms with Gasteiger partial charge in [-0.3, -0.25) is 4.79 Å². The largest absolute Gasteiger partial charge is 0.459 e. The average molecular weight is 619 g/mol. The van der Waals surface area contributed by atoms with Crippen LogP contribution in [0.2, 0.25) is 5.04 Å². The predicted molar refractivity (Wildman–Crippen MR) is 178 cm³/mol. The van der Waals surface area contributed by atoms with Crippen LogP contribution in [0.5, 0.6) is 0 Å². The molecule has 6 rings (SSSR count). The monoisotopic (exact) mass is 618 g/mol. The number of fused-ring (bicyclic) bond motifs is 8. The van der Waals surface area contributed by atoms with Gasteiger partial charge in [-0.1, -0.05) is 95.3 Å². The highest BCUT2D eigenvalue weighted by molar-refractivity contribution is 6.99. The Morgan fingerprint density at radius 1 is 0.932 bits per heavy atom. The van der Waals surface area contributed by atoms with E-state index in [1.807, 2.05) is 0 Å². The number of rotatable bonds is 7. The first-order valence-electron chi connectivity index (χ1n) is 17.1. The van der Waals surface area contributed by atoms with Gasteiger partial charge in [0, 0.05) is 20.0 Å². The smallest absolute Gasteiger partial charge is 0.303 e. The number of carbonyl (C=O) groups excluding carboxylic acids is 1. The third-order valence-corrected chi connectivity index (χ3v) is 16.8. The van der Waals surface area contributed by atoms with Crippen LogP contribution in [-0.2, 0) is 23.4 Å². The van der Waals surface area contributed by atoms with E-state index in [2.05, 4.69) is 109 Å². The Kier molecular flexibility index (Phi) is 8.48. The summed E-state index contributed by atoms with van der Waals surface area (Å²) in [5.41, 5.74) is -0.954. The van der Waals surface area contributed by atoms with Crippen molar-refractivity contribution < 1.29 is 23.4 Å². The van der Waals surface area contributed by atoms with E-state index in [4.69, 9.17) is 18.6 Å². The van der Waals surface area contributed by atoms with Crippen LogP contribution in [0.15, 0.2) is 60.7 Å². The minimum absolute atomic E-state index is 0.0423. The molecule has 2 aromatic carbocycles. The zero-order valence-corrected chi connectivity index (χ0v) is 29.2. The van der Waals surface area contributed by atoms with Gasteiger partial charge in [-0.2, -0.15) is 0 Å². The zero-order valence-electron chi connectivity index (χ0n) is 28.2. The maximum Gasteiger partial charge on any atom is 0.303 e. The molecular weight excluding hydrogens is 564 g/mol. The van der Waals surface area contributed by atoms with E-state index >= 15 is 0 Å². The first-order chi connectivity index (χ1) is 20.8. The Morgan fingerprint density at radius 3 is 2.09 bits per heavy atom. The van der Waals surface area contributed by atoms with Crippen molar-refractivity contribution in [3.63, 3.8) is 0 Å². The molecule has 240 valence electrons. The van der Waals surface area contributed by atoms with Crippen LogP contribution in [0.1, 0.15) is 87.5 Å². The highest BCUT2D eigenvalue weighted by atomic mass is 28.4. The highest BCUT2D eigenvalue weighted by Crippen LogP contribution is 2.60. The van der Waals surface area contributed by atoms with E-state index in [-0.39, 0.29) is 29.3 Å². The second kappa shape index (κ2) is 11.7. The molecule has 0 N–H and O–H groups in total. The van der Waals surface area contributed by atoms with Crippen molar-refractivity contribution in [3.8, 4) is 0 Å². The molecular formula is C38H54O5Si. The SMILES string of the molecule is CC(=O)O[C@@H]1CC[C@@]2(C)O[C@]1(C)C[C@H]1O[C@@H]2[C@H]2[C@@H]1[C@H](CO[Si](c1ccccc1)(c1ccccc1)C(C)(C)C)CC[C@@H]2C(C)C. The van der Waals surface area contributed by atoms with Gasteiger partial charge in [-0.25, -0.2) is 0 Å². The quantitative estimate of drug-likeness (QED) is 0.249. The first kappa shape index (κ1) is 32.0. The minimum Gasteiger partial charge on any atom is -0.459 e. The Labute approximate surface area is 266 Å². The summed E-state index contributed by atoms with van der Waals surface area (Å²) in [6.45, 7) is 18.5. The van der Waals surface area contributed by atoms with E-state index in [0.29, 0.717) is 29.6 Å². The van der Waals surface area contributed by atoms with Crippen molar-refractivity contribution in [1.82, 2.24) is 0 Å². The lowest BCUT2D eigenvalue weighted by atomic mass is 9.57. The fraction of sp³-hybridized carbons (Fsp3) is 0.658. The molecule has 0 radical (unpaired) electrons. The standard InChI is InChI=1S/C38H54O5Si/c1-25(2)30-20-19-27(24-40-44(36(4,5)6,28-15-11-9-12-16-28)29-17-13-10-14-18-29)33-31-23-38(8)32(41-26(3)39)21-22-37(7,43-38)35(42-31)34(30)33/h9-18,25,27,30-35H,19-24H2,1-8H3/t27-,30+,31+,32+,33+,34+,35+,37+,38+/m0/s1. The van der Waals surface area contributed by atoms with Crippen molar-refractivity contribution in [2.75, 3.05) is 6.61 Å². The molecule has 0 amide bonds. The molecule has 1 aliphatic carbocycles. The number of ether oxygens (including phenoxy) is 3. The fourth-order valence-corrected chi connectivity index (χ4v) is 14.6. The van der Waals surface area contributed by atoms with Gasteiger partial charge < -0.3 is 18.6 Å². The van der Waals surface area contributed by atoms with E-state index in [9.17, 15) is 4.79 Å². The van der Waals surface area contributed by atoms with Crippen LogP contribution < -0.4 is 10.4 Å². The second-order valence-electron chi connectivity index (χ2n) is 16.0. The van der Waals surface area contributed by atoms with Gasteiger partial charge in [-0.05, 0) is 84.5 Å². The summed E-state index contributed by atoms with van der Waals surface area (Å²) in [5, 5.41) is 2.60. The van der Waals surface area contributed by atoms with Crippen LogP contribution in [-0.4, -0.2) is 50.4 Å². The average Bonchev–Trinajstić information content (AvgIpc) is 3.30. The minimum atomic E-state index is -2.66. The Balaban J connectivity index is 1.38. The molecule has 44 heavy (non-hydrogen) atoms. The molecule has 3 aliphatic heterocycles. The molecule has 9 atom stereocenters. The van der Waals surface area contributed by atoms with Gasteiger partial charge in [0.1, 0.15) is 11.7 Å². The lowest BCUT2D eigenvalue weighted by Crippen LogP contribution is -2.67. The maximum atomic E-state index is 12.1. The molecule has 0 aromatic heterocycles. The summed E-state index contributed by atoms with van der Waals surface area (Å²) >= 11 is 0. The Morgan fingerprint density at radius 2 is 1.55 bits per heavy atom. The molecule has 3 heterocycles. The van der Waals surface area contributed by atoms with E-state index < -0.39 is 19.5 Å². The van der Waals surface area contributed by atoms with Gasteiger partial charge in [-0.15, -0.1) is 0 Å². The number of benzene rings is 2. The maximum absolute atomic E-state index is 12.1. The molecule has 4 bridgehead atoms. The van der Waals surface area contributed by atoms with E-state index in [1.54, 1.807) is 0 Å². The van der Waals surface area contributed by atoms with Crippen LogP contribution >= 0.6 is 0 Å². The topological polar surface area (TPSA) is 54.0 Å². The lowest BCUT2D eigenvalue weighted by molar-refractivity contribution is -0.253. The van der Waals surface area contributed by atoms with Crippen molar-refractivity contribution in [3.05, 3.63) is 60.7 Å². The first-order valence-corrected chi connectivity index (χ1v) is 19.0. The molecule has 0 spiro atoms. The van der Waals surface area contributed by atoms with Crippen LogP contribution in [0.25, 0.3) is 0 Å². The Hall–Kier alpha value is -1.99. The van der Waals surface area contributed by atoms with E-state index in [0.717, 1.165) is 32.3 Å².